The molecule has 0 amide bonds. The first-order valence-corrected chi connectivity index (χ1v) is 8.18. The maximum atomic E-state index is 14.3. The number of nitrogens with one attached hydrogen (secondary N) is 1. The van der Waals surface area contributed by atoms with Crippen molar-refractivity contribution in [1.82, 2.24) is 5.32 Å². The first-order chi connectivity index (χ1) is 10.1. The topological polar surface area (TPSA) is 21.3 Å². The van der Waals surface area contributed by atoms with Crippen LogP contribution >= 0.6 is 0 Å². The Labute approximate surface area is 127 Å². The monoisotopic (exact) mass is 291 g/mol. The van der Waals surface area contributed by atoms with E-state index in [4.69, 9.17) is 4.74 Å². The summed E-state index contributed by atoms with van der Waals surface area (Å²) in [5.41, 5.74) is 1.00. The van der Waals surface area contributed by atoms with Crippen molar-refractivity contribution in [2.24, 2.45) is 5.41 Å². The van der Waals surface area contributed by atoms with E-state index in [9.17, 15) is 4.39 Å². The van der Waals surface area contributed by atoms with Gasteiger partial charge in [0, 0.05) is 19.1 Å². The molecule has 0 saturated carbocycles. The van der Waals surface area contributed by atoms with Crippen LogP contribution in [0.15, 0.2) is 24.3 Å². The van der Waals surface area contributed by atoms with E-state index in [0.29, 0.717) is 0 Å². The number of rotatable bonds is 2. The van der Waals surface area contributed by atoms with Crippen LogP contribution in [-0.2, 0) is 4.74 Å². The molecule has 1 aromatic rings. The van der Waals surface area contributed by atoms with Crippen LogP contribution in [0, 0.1) is 11.2 Å². The minimum atomic E-state index is -0.0599. The van der Waals surface area contributed by atoms with E-state index in [1.165, 1.54) is 0 Å². The molecule has 0 aliphatic carbocycles. The molecule has 1 N–H and O–H groups in total. The van der Waals surface area contributed by atoms with E-state index >= 15 is 0 Å². The Morgan fingerprint density at radius 3 is 2.90 bits per heavy atom. The van der Waals surface area contributed by atoms with Crippen molar-refractivity contribution in [3.63, 3.8) is 0 Å². The highest BCUT2D eigenvalue weighted by Crippen LogP contribution is 2.53. The summed E-state index contributed by atoms with van der Waals surface area (Å²) in [5.74, 6) is 0.192. The highest BCUT2D eigenvalue weighted by molar-refractivity contribution is 5.26. The van der Waals surface area contributed by atoms with Crippen molar-refractivity contribution < 1.29 is 9.13 Å². The predicted octanol–water partition coefficient (Wildman–Crippen LogP) is 3.87. The molecular formula is C18H26FNO. The number of benzene rings is 1. The van der Waals surface area contributed by atoms with Gasteiger partial charge in [-0.2, -0.15) is 0 Å². The number of ether oxygens (including phenoxy) is 1. The van der Waals surface area contributed by atoms with Crippen molar-refractivity contribution in [2.45, 2.75) is 51.0 Å². The first kappa shape index (κ1) is 15.0. The van der Waals surface area contributed by atoms with Gasteiger partial charge >= 0.3 is 0 Å². The van der Waals surface area contributed by atoms with Gasteiger partial charge in [0.25, 0.3) is 0 Å². The van der Waals surface area contributed by atoms with Gasteiger partial charge in [0.1, 0.15) is 5.82 Å². The molecule has 2 nitrogen and oxygen atoms in total. The van der Waals surface area contributed by atoms with Crippen molar-refractivity contribution in [2.75, 3.05) is 19.7 Å². The summed E-state index contributed by atoms with van der Waals surface area (Å²) in [7, 11) is 0. The third kappa shape index (κ3) is 2.74. The normalized spacial score (nSPS) is 36.8. The van der Waals surface area contributed by atoms with Crippen LogP contribution in [-0.4, -0.2) is 25.3 Å². The number of hydrogen-bond donors (Lipinski definition) is 1. The average Bonchev–Trinajstić information content (AvgIpc) is 2.49. The van der Waals surface area contributed by atoms with Gasteiger partial charge < -0.3 is 10.1 Å². The van der Waals surface area contributed by atoms with Gasteiger partial charge in [0.05, 0.1) is 5.60 Å². The molecule has 0 radical (unpaired) electrons. The number of piperidine rings is 1. The van der Waals surface area contributed by atoms with E-state index in [-0.39, 0.29) is 22.8 Å². The summed E-state index contributed by atoms with van der Waals surface area (Å²) in [6.45, 7) is 7.12. The van der Waals surface area contributed by atoms with Gasteiger partial charge in [-0.25, -0.2) is 4.39 Å². The van der Waals surface area contributed by atoms with Crippen molar-refractivity contribution in [3.05, 3.63) is 35.6 Å². The van der Waals surface area contributed by atoms with Gasteiger partial charge in [0.2, 0.25) is 0 Å². The van der Waals surface area contributed by atoms with Crippen LogP contribution in [0.4, 0.5) is 4.39 Å². The van der Waals surface area contributed by atoms with Gasteiger partial charge in [0.15, 0.2) is 0 Å². The second-order valence-electron chi connectivity index (χ2n) is 6.97. The molecule has 3 heteroatoms. The standard InChI is InChI=1S/C18H26FNO/c1-3-17(2)13-18(9-11-21-17)8-10-20-12-15(18)14-6-4-5-7-16(14)19/h4-7,15,20H,3,8-13H2,1-2H3. The minimum absolute atomic E-state index is 0.0565. The molecule has 1 spiro atoms. The maximum Gasteiger partial charge on any atom is 0.126 e. The summed E-state index contributed by atoms with van der Waals surface area (Å²) >= 11 is 0. The predicted molar refractivity (Wildman–Crippen MR) is 82.9 cm³/mol. The summed E-state index contributed by atoms with van der Waals surface area (Å²) in [4.78, 5) is 0. The lowest BCUT2D eigenvalue weighted by Crippen LogP contribution is -2.52. The van der Waals surface area contributed by atoms with E-state index in [1.807, 2.05) is 12.1 Å². The zero-order valence-electron chi connectivity index (χ0n) is 13.1. The highest BCUT2D eigenvalue weighted by atomic mass is 19.1. The average molecular weight is 291 g/mol. The van der Waals surface area contributed by atoms with Crippen LogP contribution in [0.1, 0.15) is 51.0 Å². The molecule has 2 fully saturated rings. The van der Waals surface area contributed by atoms with E-state index in [2.05, 4.69) is 19.2 Å². The van der Waals surface area contributed by atoms with Crippen molar-refractivity contribution >= 4 is 0 Å². The van der Waals surface area contributed by atoms with Crippen LogP contribution in [0.25, 0.3) is 0 Å². The van der Waals surface area contributed by atoms with Gasteiger partial charge in [-0.1, -0.05) is 25.1 Å². The summed E-state index contributed by atoms with van der Waals surface area (Å²) in [6, 6.07) is 7.30. The first-order valence-electron chi connectivity index (χ1n) is 8.18. The SMILES string of the molecule is CCC1(C)CC2(CCNCC2c2ccccc2F)CCO1. The molecule has 3 rings (SSSR count). The molecule has 0 bridgehead atoms. The molecule has 2 saturated heterocycles. The third-order valence-electron chi connectivity index (χ3n) is 5.69. The summed E-state index contributed by atoms with van der Waals surface area (Å²) < 4.78 is 20.4. The number of hydrogen-bond acceptors (Lipinski definition) is 2. The molecule has 1 aromatic carbocycles. The quantitative estimate of drug-likeness (QED) is 0.893. The van der Waals surface area contributed by atoms with Crippen LogP contribution in [0.2, 0.25) is 0 Å². The molecule has 3 unspecified atom stereocenters. The second-order valence-corrected chi connectivity index (χ2v) is 6.97. The molecule has 2 aliphatic heterocycles. The molecule has 116 valence electrons. The van der Waals surface area contributed by atoms with Crippen molar-refractivity contribution in [3.8, 4) is 0 Å². The van der Waals surface area contributed by atoms with E-state index < -0.39 is 0 Å². The summed E-state index contributed by atoms with van der Waals surface area (Å²) in [6.07, 6.45) is 4.22. The molecule has 21 heavy (non-hydrogen) atoms. The Bertz CT molecular complexity index is 502. The largest absolute Gasteiger partial charge is 0.375 e. The Kier molecular flexibility index (Phi) is 4.06. The van der Waals surface area contributed by atoms with E-state index in [1.54, 1.807) is 12.1 Å². The third-order valence-corrected chi connectivity index (χ3v) is 5.69. The Hall–Kier alpha value is -0.930. The zero-order chi connectivity index (χ0) is 14.9. The highest BCUT2D eigenvalue weighted by Gasteiger charge is 2.49. The van der Waals surface area contributed by atoms with Crippen LogP contribution in [0.5, 0.6) is 0 Å². The van der Waals surface area contributed by atoms with Crippen molar-refractivity contribution in [1.29, 1.82) is 0 Å². The number of halogens is 1. The Morgan fingerprint density at radius 2 is 2.14 bits per heavy atom. The minimum Gasteiger partial charge on any atom is -0.375 e. The van der Waals surface area contributed by atoms with E-state index in [0.717, 1.165) is 50.9 Å². The van der Waals surface area contributed by atoms with Crippen LogP contribution < -0.4 is 5.32 Å². The lowest BCUT2D eigenvalue weighted by Gasteiger charge is -2.52. The van der Waals surface area contributed by atoms with Crippen LogP contribution in [0.3, 0.4) is 0 Å². The molecule has 0 aromatic heterocycles. The lowest BCUT2D eigenvalue weighted by atomic mass is 9.60. The summed E-state index contributed by atoms with van der Waals surface area (Å²) in [5, 5.41) is 3.47. The molecule has 3 atom stereocenters. The molecular weight excluding hydrogens is 265 g/mol. The molecule has 2 heterocycles. The maximum absolute atomic E-state index is 14.3. The Balaban J connectivity index is 1.96. The van der Waals surface area contributed by atoms with Gasteiger partial charge in [-0.15, -0.1) is 0 Å². The Morgan fingerprint density at radius 1 is 1.33 bits per heavy atom. The fraction of sp³-hybridized carbons (Fsp3) is 0.667. The smallest absolute Gasteiger partial charge is 0.126 e. The zero-order valence-corrected chi connectivity index (χ0v) is 13.1. The fourth-order valence-electron chi connectivity index (χ4n) is 4.29. The van der Waals surface area contributed by atoms with Gasteiger partial charge in [-0.05, 0) is 56.2 Å². The fourth-order valence-corrected chi connectivity index (χ4v) is 4.29. The second kappa shape index (κ2) is 5.69. The van der Waals surface area contributed by atoms with Gasteiger partial charge in [-0.3, -0.25) is 0 Å². The lowest BCUT2D eigenvalue weighted by molar-refractivity contribution is -0.131. The molecule has 2 aliphatic rings.